The summed E-state index contributed by atoms with van der Waals surface area (Å²) in [5.41, 5.74) is -0.384. The Hall–Kier alpha value is -3.09. The number of nitrogens with zero attached hydrogens (tertiary/aromatic N) is 1. The second-order valence-electron chi connectivity index (χ2n) is 6.55. The van der Waals surface area contributed by atoms with Crippen LogP contribution in [0.25, 0.3) is 0 Å². The molecule has 2 aromatic rings. The van der Waals surface area contributed by atoms with E-state index in [0.29, 0.717) is 12.2 Å². The molecule has 1 atom stereocenters. The molecule has 27 heavy (non-hydrogen) atoms. The smallest absolute Gasteiger partial charge is 0.325 e. The van der Waals surface area contributed by atoms with Crippen LogP contribution in [0.1, 0.15) is 37.5 Å². The first kappa shape index (κ1) is 18.7. The topological polar surface area (TPSA) is 91.7 Å². The van der Waals surface area contributed by atoms with Crippen LogP contribution in [0.3, 0.4) is 0 Å². The minimum Gasteiger partial charge on any atom is -0.467 e. The van der Waals surface area contributed by atoms with Crippen LogP contribution < -0.4 is 10.6 Å². The Morgan fingerprint density at radius 3 is 2.63 bits per heavy atom. The minimum atomic E-state index is -1.12. The Labute approximate surface area is 157 Å². The van der Waals surface area contributed by atoms with Crippen molar-refractivity contribution in [2.75, 3.05) is 6.54 Å². The van der Waals surface area contributed by atoms with Gasteiger partial charge in [0.1, 0.15) is 17.8 Å². The summed E-state index contributed by atoms with van der Waals surface area (Å²) in [6.07, 6.45) is 3.67. The van der Waals surface area contributed by atoms with Crippen molar-refractivity contribution in [3.63, 3.8) is 0 Å². The molecule has 0 bridgehead atoms. The van der Waals surface area contributed by atoms with Gasteiger partial charge in [-0.05, 0) is 24.1 Å². The van der Waals surface area contributed by atoms with E-state index in [1.54, 1.807) is 12.1 Å². The molecule has 7 heteroatoms. The molecule has 3 rings (SSSR count). The number of urea groups is 1. The summed E-state index contributed by atoms with van der Waals surface area (Å²) in [5.74, 6) is -0.211. The fourth-order valence-corrected chi connectivity index (χ4v) is 3.24. The van der Waals surface area contributed by atoms with Gasteiger partial charge < -0.3 is 15.1 Å². The number of imide groups is 1. The molecule has 1 fully saturated rings. The largest absolute Gasteiger partial charge is 0.467 e. The van der Waals surface area contributed by atoms with E-state index in [-0.39, 0.29) is 19.0 Å². The van der Waals surface area contributed by atoms with Crippen molar-refractivity contribution in [3.05, 3.63) is 60.1 Å². The maximum absolute atomic E-state index is 13.2. The summed E-state index contributed by atoms with van der Waals surface area (Å²) in [4.78, 5) is 38.9. The maximum Gasteiger partial charge on any atom is 0.325 e. The van der Waals surface area contributed by atoms with Crippen LogP contribution >= 0.6 is 0 Å². The third kappa shape index (κ3) is 3.86. The van der Waals surface area contributed by atoms with Gasteiger partial charge >= 0.3 is 6.03 Å². The van der Waals surface area contributed by atoms with Crippen molar-refractivity contribution in [2.24, 2.45) is 0 Å². The van der Waals surface area contributed by atoms with Gasteiger partial charge in [-0.3, -0.25) is 14.5 Å². The summed E-state index contributed by atoms with van der Waals surface area (Å²) in [6.45, 7) is 1.90. The van der Waals surface area contributed by atoms with Gasteiger partial charge in [0.05, 0.1) is 12.8 Å². The fraction of sp³-hybridized carbons (Fsp3) is 0.350. The molecule has 1 unspecified atom stereocenters. The lowest BCUT2D eigenvalue weighted by molar-refractivity contribution is -0.135. The van der Waals surface area contributed by atoms with Gasteiger partial charge in [0, 0.05) is 0 Å². The molecule has 0 saturated carbocycles. The lowest BCUT2D eigenvalue weighted by Gasteiger charge is -2.27. The summed E-state index contributed by atoms with van der Waals surface area (Å²) < 4.78 is 5.16. The first-order chi connectivity index (χ1) is 13.1. The summed E-state index contributed by atoms with van der Waals surface area (Å²) in [7, 11) is 0. The fourth-order valence-electron chi connectivity index (χ4n) is 3.24. The van der Waals surface area contributed by atoms with E-state index in [4.69, 9.17) is 4.42 Å². The molecular formula is C20H23N3O4. The highest BCUT2D eigenvalue weighted by molar-refractivity contribution is 6.09. The van der Waals surface area contributed by atoms with Gasteiger partial charge in [-0.15, -0.1) is 0 Å². The zero-order valence-corrected chi connectivity index (χ0v) is 15.2. The Balaban J connectivity index is 1.74. The maximum atomic E-state index is 13.2. The Morgan fingerprint density at radius 1 is 1.19 bits per heavy atom. The second-order valence-corrected chi connectivity index (χ2v) is 6.55. The average molecular weight is 369 g/mol. The van der Waals surface area contributed by atoms with Crippen LogP contribution in [0, 0.1) is 0 Å². The molecule has 7 nitrogen and oxygen atoms in total. The van der Waals surface area contributed by atoms with E-state index < -0.39 is 17.5 Å². The second kappa shape index (κ2) is 8.07. The molecule has 1 aliphatic rings. The molecule has 0 aliphatic carbocycles. The minimum absolute atomic E-state index is 0.204. The number of hydrogen-bond acceptors (Lipinski definition) is 4. The van der Waals surface area contributed by atoms with Crippen LogP contribution in [0.4, 0.5) is 4.79 Å². The van der Waals surface area contributed by atoms with Crippen molar-refractivity contribution in [1.29, 1.82) is 0 Å². The average Bonchev–Trinajstić information content (AvgIpc) is 3.28. The molecule has 1 aliphatic heterocycles. The molecule has 1 aromatic heterocycles. The standard InChI is InChI=1S/C20H23N3O4/c1-2-3-11-20(15-8-5-4-6-9-15)18(25)23(19(26)22-20)14-17(24)21-13-16-10-7-12-27-16/h4-10,12H,2-3,11,13-14H2,1H3,(H,21,24)(H,22,26). The van der Waals surface area contributed by atoms with Gasteiger partial charge in [0.25, 0.3) is 5.91 Å². The van der Waals surface area contributed by atoms with Gasteiger partial charge in [-0.1, -0.05) is 50.1 Å². The molecule has 4 amide bonds. The van der Waals surface area contributed by atoms with E-state index in [0.717, 1.165) is 23.3 Å². The monoisotopic (exact) mass is 369 g/mol. The SMILES string of the molecule is CCCCC1(c2ccccc2)NC(=O)N(CC(=O)NCc2ccco2)C1=O. The van der Waals surface area contributed by atoms with Gasteiger partial charge in [-0.2, -0.15) is 0 Å². The predicted octanol–water partition coefficient (Wildman–Crippen LogP) is 2.53. The highest BCUT2D eigenvalue weighted by Crippen LogP contribution is 2.34. The van der Waals surface area contributed by atoms with E-state index >= 15 is 0 Å². The van der Waals surface area contributed by atoms with Crippen molar-refractivity contribution < 1.29 is 18.8 Å². The lowest BCUT2D eigenvalue weighted by atomic mass is 9.85. The first-order valence-electron chi connectivity index (χ1n) is 9.05. The van der Waals surface area contributed by atoms with Crippen LogP contribution in [0.2, 0.25) is 0 Å². The number of unbranched alkanes of at least 4 members (excludes halogenated alkanes) is 1. The Morgan fingerprint density at radius 2 is 1.96 bits per heavy atom. The van der Waals surface area contributed by atoms with E-state index in [2.05, 4.69) is 10.6 Å². The van der Waals surface area contributed by atoms with Crippen LogP contribution in [0.15, 0.2) is 53.1 Å². The molecule has 1 aromatic carbocycles. The van der Waals surface area contributed by atoms with Crippen molar-refractivity contribution >= 4 is 17.8 Å². The summed E-state index contributed by atoms with van der Waals surface area (Å²) in [6, 6.07) is 12.1. The molecule has 1 saturated heterocycles. The highest BCUT2D eigenvalue weighted by Gasteiger charge is 2.52. The highest BCUT2D eigenvalue weighted by atomic mass is 16.3. The molecule has 0 spiro atoms. The van der Waals surface area contributed by atoms with Gasteiger partial charge in [0.15, 0.2) is 0 Å². The van der Waals surface area contributed by atoms with Crippen LogP contribution in [-0.2, 0) is 21.7 Å². The van der Waals surface area contributed by atoms with Crippen LogP contribution in [0.5, 0.6) is 0 Å². The molecule has 2 heterocycles. The number of carbonyl (C=O) groups is 3. The molecule has 0 radical (unpaired) electrons. The Kier molecular flexibility index (Phi) is 5.59. The number of carbonyl (C=O) groups excluding carboxylic acids is 3. The van der Waals surface area contributed by atoms with Crippen molar-refractivity contribution in [2.45, 2.75) is 38.3 Å². The van der Waals surface area contributed by atoms with Crippen molar-refractivity contribution in [1.82, 2.24) is 15.5 Å². The normalized spacial score (nSPS) is 19.2. The molecular weight excluding hydrogens is 346 g/mol. The lowest BCUT2D eigenvalue weighted by Crippen LogP contribution is -2.45. The number of hydrogen-bond donors (Lipinski definition) is 2. The molecule has 2 N–H and O–H groups in total. The predicted molar refractivity (Wildman–Crippen MR) is 98.4 cm³/mol. The Bertz CT molecular complexity index is 804. The van der Waals surface area contributed by atoms with E-state index in [9.17, 15) is 14.4 Å². The molecule has 142 valence electrons. The number of nitrogens with one attached hydrogen (secondary N) is 2. The summed E-state index contributed by atoms with van der Waals surface area (Å²) in [5, 5.41) is 5.49. The summed E-state index contributed by atoms with van der Waals surface area (Å²) >= 11 is 0. The number of benzene rings is 1. The number of amides is 4. The van der Waals surface area contributed by atoms with E-state index in [1.165, 1.54) is 6.26 Å². The zero-order valence-electron chi connectivity index (χ0n) is 15.2. The van der Waals surface area contributed by atoms with E-state index in [1.807, 2.05) is 37.3 Å². The number of furan rings is 1. The van der Waals surface area contributed by atoms with Crippen LogP contribution in [-0.4, -0.2) is 29.3 Å². The van der Waals surface area contributed by atoms with Gasteiger partial charge in [0.2, 0.25) is 5.91 Å². The quantitative estimate of drug-likeness (QED) is 0.700. The van der Waals surface area contributed by atoms with Gasteiger partial charge in [-0.25, -0.2) is 4.79 Å². The third-order valence-electron chi connectivity index (χ3n) is 4.69. The first-order valence-corrected chi connectivity index (χ1v) is 9.05. The number of rotatable bonds is 8. The zero-order chi connectivity index (χ0) is 19.3. The van der Waals surface area contributed by atoms with Crippen molar-refractivity contribution in [3.8, 4) is 0 Å². The third-order valence-corrected chi connectivity index (χ3v) is 4.69.